The number of fused-ring (bicyclic) bond motifs is 2. The van der Waals surface area contributed by atoms with Crippen LogP contribution in [0.25, 0.3) is 32.9 Å². The predicted octanol–water partition coefficient (Wildman–Crippen LogP) is 6.30. The molecule has 0 atom stereocenters. The molecule has 0 spiro atoms. The number of nitrogens with zero attached hydrogens (tertiary/aromatic N) is 2. The Morgan fingerprint density at radius 1 is 0.941 bits per heavy atom. The van der Waals surface area contributed by atoms with Crippen molar-refractivity contribution in [1.82, 2.24) is 15.2 Å². The molecular weight excluding hydrogens is 424 g/mol. The van der Waals surface area contributed by atoms with Gasteiger partial charge in [-0.05, 0) is 40.8 Å². The van der Waals surface area contributed by atoms with Crippen molar-refractivity contribution in [2.75, 3.05) is 16.4 Å². The lowest BCUT2D eigenvalue weighted by Gasteiger charge is -2.19. The third-order valence-corrected chi connectivity index (χ3v) is 5.81. The summed E-state index contributed by atoms with van der Waals surface area (Å²) in [4.78, 5) is 17.3. The van der Waals surface area contributed by atoms with E-state index >= 15 is 0 Å². The van der Waals surface area contributed by atoms with Crippen LogP contribution in [0.1, 0.15) is 26.5 Å². The average Bonchev–Trinajstić information content (AvgIpc) is 3.19. The minimum Gasteiger partial charge on any atom is -0.383 e. The Morgan fingerprint density at radius 2 is 1.68 bits per heavy atom. The van der Waals surface area contributed by atoms with Crippen molar-refractivity contribution < 1.29 is 4.79 Å². The zero-order chi connectivity index (χ0) is 23.9. The number of carbonyl (C=O) groups excluding carboxylic acids is 1. The van der Waals surface area contributed by atoms with Gasteiger partial charge >= 0.3 is 6.03 Å². The maximum Gasteiger partial charge on any atom is 0.323 e. The number of nitrogen functional groups attached to an aromatic ring is 1. The first-order valence-electron chi connectivity index (χ1n) is 11.1. The number of carbonyl (C=O) groups is 1. The SMILES string of the molecule is CC(C)(C)c1cc(-c2ccc(NC(=O)Nc3cccc4ccccc34)cc2)c2c(N)[nH]nc2n1. The second kappa shape index (κ2) is 8.19. The van der Waals surface area contributed by atoms with Gasteiger partial charge in [0.1, 0.15) is 5.82 Å². The van der Waals surface area contributed by atoms with E-state index < -0.39 is 0 Å². The van der Waals surface area contributed by atoms with Crippen LogP contribution in [0, 0.1) is 0 Å². The molecule has 0 radical (unpaired) electrons. The molecule has 7 nitrogen and oxygen atoms in total. The van der Waals surface area contributed by atoms with Gasteiger partial charge in [-0.1, -0.05) is 69.3 Å². The molecule has 7 heteroatoms. The van der Waals surface area contributed by atoms with Crippen LogP contribution in [-0.4, -0.2) is 21.2 Å². The fourth-order valence-corrected chi connectivity index (χ4v) is 4.01. The first-order valence-corrected chi connectivity index (χ1v) is 11.1. The first kappa shape index (κ1) is 21.5. The van der Waals surface area contributed by atoms with Crippen LogP contribution in [0.15, 0.2) is 72.8 Å². The van der Waals surface area contributed by atoms with Gasteiger partial charge in [0.2, 0.25) is 0 Å². The van der Waals surface area contributed by atoms with Crippen molar-refractivity contribution >= 4 is 45.0 Å². The van der Waals surface area contributed by atoms with Gasteiger partial charge in [-0.15, -0.1) is 0 Å². The summed E-state index contributed by atoms with van der Waals surface area (Å²) in [6, 6.07) is 23.2. The summed E-state index contributed by atoms with van der Waals surface area (Å²) in [5.74, 6) is 0.481. The zero-order valence-corrected chi connectivity index (χ0v) is 19.3. The van der Waals surface area contributed by atoms with Gasteiger partial charge in [0.25, 0.3) is 0 Å². The van der Waals surface area contributed by atoms with Gasteiger partial charge in [0.15, 0.2) is 5.65 Å². The predicted molar refractivity (Wildman–Crippen MR) is 139 cm³/mol. The molecule has 0 aliphatic carbocycles. The van der Waals surface area contributed by atoms with E-state index in [-0.39, 0.29) is 11.4 Å². The topological polar surface area (TPSA) is 109 Å². The number of pyridine rings is 1. The lowest BCUT2D eigenvalue weighted by Crippen LogP contribution is -2.19. The molecule has 3 aromatic carbocycles. The monoisotopic (exact) mass is 450 g/mol. The molecule has 0 unspecified atom stereocenters. The Balaban J connectivity index is 1.40. The van der Waals surface area contributed by atoms with Crippen molar-refractivity contribution in [3.8, 4) is 11.1 Å². The summed E-state index contributed by atoms with van der Waals surface area (Å²) in [6.45, 7) is 6.34. The van der Waals surface area contributed by atoms with Crippen LogP contribution in [0.3, 0.4) is 0 Å². The van der Waals surface area contributed by atoms with Crippen molar-refractivity contribution in [3.05, 3.63) is 78.5 Å². The van der Waals surface area contributed by atoms with Gasteiger partial charge in [-0.25, -0.2) is 9.78 Å². The maximum atomic E-state index is 12.7. The number of nitrogens with one attached hydrogen (secondary N) is 3. The number of benzene rings is 3. The number of rotatable bonds is 3. The molecule has 34 heavy (non-hydrogen) atoms. The summed E-state index contributed by atoms with van der Waals surface area (Å²) in [6.07, 6.45) is 0. The highest BCUT2D eigenvalue weighted by Crippen LogP contribution is 2.35. The third-order valence-electron chi connectivity index (χ3n) is 5.81. The highest BCUT2D eigenvalue weighted by molar-refractivity contribution is 6.06. The minimum atomic E-state index is -0.301. The number of hydrogen-bond donors (Lipinski definition) is 4. The summed E-state index contributed by atoms with van der Waals surface area (Å²) in [5.41, 5.74) is 10.9. The molecule has 5 aromatic rings. The van der Waals surface area contributed by atoms with Gasteiger partial charge in [-0.3, -0.25) is 5.10 Å². The molecule has 0 fully saturated rings. The molecule has 2 aromatic heterocycles. The van der Waals surface area contributed by atoms with E-state index in [9.17, 15) is 4.79 Å². The number of aromatic amines is 1. The Kier molecular flexibility index (Phi) is 5.17. The molecule has 0 aliphatic heterocycles. The Morgan fingerprint density at radius 3 is 2.44 bits per heavy atom. The van der Waals surface area contributed by atoms with Crippen LogP contribution >= 0.6 is 0 Å². The molecule has 170 valence electrons. The molecule has 0 saturated heterocycles. The number of hydrogen-bond acceptors (Lipinski definition) is 4. The molecule has 0 bridgehead atoms. The zero-order valence-electron chi connectivity index (χ0n) is 19.3. The molecule has 0 saturated carbocycles. The Hall–Kier alpha value is -4.39. The van der Waals surface area contributed by atoms with E-state index in [0.717, 1.165) is 38.7 Å². The largest absolute Gasteiger partial charge is 0.383 e. The van der Waals surface area contributed by atoms with E-state index in [1.807, 2.05) is 66.7 Å². The first-order chi connectivity index (χ1) is 16.3. The highest BCUT2D eigenvalue weighted by atomic mass is 16.2. The number of aromatic nitrogens is 3. The smallest absolute Gasteiger partial charge is 0.323 e. The molecular formula is C27H26N6O. The quantitative estimate of drug-likeness (QED) is 0.258. The second-order valence-electron chi connectivity index (χ2n) is 9.32. The second-order valence-corrected chi connectivity index (χ2v) is 9.32. The van der Waals surface area contributed by atoms with E-state index in [0.29, 0.717) is 17.2 Å². The van der Waals surface area contributed by atoms with Crippen molar-refractivity contribution in [3.63, 3.8) is 0 Å². The highest BCUT2D eigenvalue weighted by Gasteiger charge is 2.21. The lowest BCUT2D eigenvalue weighted by molar-refractivity contribution is 0.262. The van der Waals surface area contributed by atoms with Crippen LogP contribution in [0.5, 0.6) is 0 Å². The number of amides is 2. The molecule has 2 amide bonds. The van der Waals surface area contributed by atoms with Gasteiger partial charge in [0, 0.05) is 22.2 Å². The van der Waals surface area contributed by atoms with E-state index in [2.05, 4.69) is 52.7 Å². The van der Waals surface area contributed by atoms with Crippen molar-refractivity contribution in [2.24, 2.45) is 0 Å². The van der Waals surface area contributed by atoms with Crippen LogP contribution < -0.4 is 16.4 Å². The molecule has 0 aliphatic rings. The maximum absolute atomic E-state index is 12.7. The van der Waals surface area contributed by atoms with Crippen LogP contribution in [0.2, 0.25) is 0 Å². The Bertz CT molecular complexity index is 1510. The summed E-state index contributed by atoms with van der Waals surface area (Å²) < 4.78 is 0. The molecule has 2 heterocycles. The molecule has 5 N–H and O–H groups in total. The fraction of sp³-hybridized carbons (Fsp3) is 0.148. The number of urea groups is 1. The van der Waals surface area contributed by atoms with Crippen molar-refractivity contribution in [1.29, 1.82) is 0 Å². The van der Waals surface area contributed by atoms with E-state index in [1.165, 1.54) is 0 Å². The van der Waals surface area contributed by atoms with Gasteiger partial charge in [0.05, 0.1) is 11.1 Å². The number of nitrogens with two attached hydrogens (primary N) is 1. The normalized spacial score (nSPS) is 11.6. The standard InChI is InChI=1S/C27H26N6O/c1-27(2,3)22-15-20(23-24(28)32-33-25(23)31-22)17-11-13-18(14-12-17)29-26(34)30-21-10-6-8-16-7-4-5-9-19(16)21/h4-15H,1-3H3,(H2,29,30,34)(H3,28,31,32,33). The van der Waals surface area contributed by atoms with Gasteiger partial charge in [-0.2, -0.15) is 5.10 Å². The van der Waals surface area contributed by atoms with Crippen LogP contribution in [-0.2, 0) is 5.41 Å². The lowest BCUT2D eigenvalue weighted by atomic mass is 9.89. The van der Waals surface area contributed by atoms with E-state index in [1.54, 1.807) is 0 Å². The minimum absolute atomic E-state index is 0.141. The average molecular weight is 451 g/mol. The number of anilines is 3. The molecule has 5 rings (SSSR count). The van der Waals surface area contributed by atoms with E-state index in [4.69, 9.17) is 5.73 Å². The van der Waals surface area contributed by atoms with Gasteiger partial charge < -0.3 is 16.4 Å². The third kappa shape index (κ3) is 4.03. The fourth-order valence-electron chi connectivity index (χ4n) is 4.01. The number of H-pyrrole nitrogens is 1. The summed E-state index contributed by atoms with van der Waals surface area (Å²) in [7, 11) is 0. The van der Waals surface area contributed by atoms with Crippen LogP contribution in [0.4, 0.5) is 22.0 Å². The summed E-state index contributed by atoms with van der Waals surface area (Å²) in [5, 5.41) is 15.8. The Labute approximate surface area is 197 Å². The van der Waals surface area contributed by atoms with Crippen molar-refractivity contribution in [2.45, 2.75) is 26.2 Å². The summed E-state index contributed by atoms with van der Waals surface area (Å²) >= 11 is 0.